The van der Waals surface area contributed by atoms with E-state index in [1.165, 1.54) is 17.8 Å². The van der Waals surface area contributed by atoms with Crippen LogP contribution in [0.25, 0.3) is 6.08 Å². The van der Waals surface area contributed by atoms with E-state index >= 15 is 0 Å². The van der Waals surface area contributed by atoms with Crippen LogP contribution in [-0.4, -0.2) is 77.2 Å². The van der Waals surface area contributed by atoms with Crippen molar-refractivity contribution in [3.63, 3.8) is 0 Å². The number of nitrogens with one attached hydrogen (secondary N) is 2. The average Bonchev–Trinajstić information content (AvgIpc) is 3.68. The minimum absolute atomic E-state index is 0.00727. The van der Waals surface area contributed by atoms with Crippen LogP contribution < -0.4 is 10.6 Å². The summed E-state index contributed by atoms with van der Waals surface area (Å²) in [5.74, 6) is -0.164. The topological polar surface area (TPSA) is 94.6 Å². The van der Waals surface area contributed by atoms with Crippen LogP contribution in [0.2, 0.25) is 0 Å². The van der Waals surface area contributed by atoms with E-state index in [1.807, 2.05) is 42.2 Å². The van der Waals surface area contributed by atoms with Gasteiger partial charge in [-0.2, -0.15) is 0 Å². The van der Waals surface area contributed by atoms with Crippen molar-refractivity contribution >= 4 is 35.0 Å². The number of carbonyl (C=O) groups excluding carboxylic acids is 3. The standard InChI is InChI=1S/C31H41N5O3S/c1-21(32-2)29(38)34-28(23-12-7-4-8-13-23)31(39)36-18-24-14-9-17-35(24)19-26(36)30-33-25(20-40-30)27(37)16-15-22-10-5-3-6-11-22/h3,5-6,10-11,15-16,20-21,23-24,26,28,32H,4,7-9,12-14,17-19H2,1-2H3,(H,34,38)/b16-15+/t21-,24+,26-,28-/m0/s1. The molecular formula is C31H41N5O3S. The molecule has 214 valence electrons. The molecule has 0 unspecified atom stereocenters. The molecule has 2 amide bonds. The Morgan fingerprint density at radius 3 is 2.58 bits per heavy atom. The second-order valence-corrected chi connectivity index (χ2v) is 12.3. The molecule has 3 fully saturated rings. The predicted octanol–water partition coefficient (Wildman–Crippen LogP) is 4.06. The Labute approximate surface area is 241 Å². The molecule has 1 aliphatic carbocycles. The first kappa shape index (κ1) is 28.6. The molecule has 1 aromatic carbocycles. The molecule has 5 rings (SSSR count). The maximum absolute atomic E-state index is 14.4. The van der Waals surface area contributed by atoms with Crippen LogP contribution in [0.15, 0.2) is 41.8 Å². The molecule has 2 N–H and O–H groups in total. The third-order valence-corrected chi connectivity index (χ3v) is 9.72. The molecule has 9 heteroatoms. The third kappa shape index (κ3) is 6.53. The van der Waals surface area contributed by atoms with Crippen LogP contribution >= 0.6 is 11.3 Å². The molecular weight excluding hydrogens is 522 g/mol. The second kappa shape index (κ2) is 13.2. The molecule has 0 bridgehead atoms. The maximum Gasteiger partial charge on any atom is 0.246 e. The zero-order chi connectivity index (χ0) is 28.1. The van der Waals surface area contributed by atoms with Gasteiger partial charge in [0.25, 0.3) is 0 Å². The lowest BCUT2D eigenvalue weighted by atomic mass is 9.82. The molecule has 2 aromatic rings. The molecule has 0 spiro atoms. The number of fused-ring (bicyclic) bond motifs is 1. The van der Waals surface area contributed by atoms with Gasteiger partial charge in [-0.1, -0.05) is 55.7 Å². The van der Waals surface area contributed by atoms with Gasteiger partial charge in [-0.25, -0.2) is 4.98 Å². The summed E-state index contributed by atoms with van der Waals surface area (Å²) < 4.78 is 0. The Balaban J connectivity index is 1.39. The summed E-state index contributed by atoms with van der Waals surface area (Å²) in [6.45, 7) is 4.16. The number of piperazine rings is 1. The molecule has 3 aliphatic rings. The van der Waals surface area contributed by atoms with Crippen LogP contribution in [0.3, 0.4) is 0 Å². The van der Waals surface area contributed by atoms with Crippen molar-refractivity contribution in [2.24, 2.45) is 5.92 Å². The van der Waals surface area contributed by atoms with E-state index in [2.05, 4.69) is 15.5 Å². The molecule has 8 nitrogen and oxygen atoms in total. The summed E-state index contributed by atoms with van der Waals surface area (Å²) in [7, 11) is 1.76. The van der Waals surface area contributed by atoms with Gasteiger partial charge in [-0.15, -0.1) is 11.3 Å². The van der Waals surface area contributed by atoms with Gasteiger partial charge in [0.1, 0.15) is 16.7 Å². The Bertz CT molecular complexity index is 1210. The van der Waals surface area contributed by atoms with Crippen molar-refractivity contribution in [3.05, 3.63) is 58.1 Å². The number of thiazole rings is 1. The van der Waals surface area contributed by atoms with Gasteiger partial charge < -0.3 is 15.5 Å². The quantitative estimate of drug-likeness (QED) is 0.353. The van der Waals surface area contributed by atoms with Crippen molar-refractivity contribution in [1.29, 1.82) is 0 Å². The number of carbonyl (C=O) groups is 3. The van der Waals surface area contributed by atoms with Crippen LogP contribution in [-0.2, 0) is 9.59 Å². The lowest BCUT2D eigenvalue weighted by Crippen LogP contribution is -2.60. The smallest absolute Gasteiger partial charge is 0.246 e. The number of nitrogens with zero attached hydrogens (tertiary/aromatic N) is 3. The van der Waals surface area contributed by atoms with Gasteiger partial charge in [0, 0.05) is 24.5 Å². The van der Waals surface area contributed by atoms with E-state index in [4.69, 9.17) is 4.98 Å². The van der Waals surface area contributed by atoms with Crippen LogP contribution in [0.4, 0.5) is 0 Å². The summed E-state index contributed by atoms with van der Waals surface area (Å²) in [6, 6.07) is 8.89. The summed E-state index contributed by atoms with van der Waals surface area (Å²) in [4.78, 5) is 49.5. The van der Waals surface area contributed by atoms with Crippen molar-refractivity contribution in [3.8, 4) is 0 Å². The highest BCUT2D eigenvalue weighted by atomic mass is 32.1. The van der Waals surface area contributed by atoms with Crippen molar-refractivity contribution < 1.29 is 14.4 Å². The first-order valence-electron chi connectivity index (χ1n) is 14.7. The van der Waals surface area contributed by atoms with E-state index in [0.717, 1.165) is 55.6 Å². The Morgan fingerprint density at radius 1 is 1.05 bits per heavy atom. The fraction of sp³-hybridized carbons (Fsp3) is 0.548. The van der Waals surface area contributed by atoms with Gasteiger partial charge in [-0.3, -0.25) is 19.3 Å². The number of benzene rings is 1. The van der Waals surface area contributed by atoms with E-state index in [-0.39, 0.29) is 35.6 Å². The summed E-state index contributed by atoms with van der Waals surface area (Å²) in [6.07, 6.45) is 10.8. The monoisotopic (exact) mass is 563 g/mol. The van der Waals surface area contributed by atoms with Gasteiger partial charge in [0.15, 0.2) is 0 Å². The number of allylic oxidation sites excluding steroid dienone is 1. The summed E-state index contributed by atoms with van der Waals surface area (Å²) in [5, 5.41) is 8.73. The SMILES string of the molecule is CN[C@@H](C)C(=O)N[C@H](C(=O)N1C[C@H]2CCCN2C[C@H]1c1nc(C(=O)/C=C/c2ccccc2)cs1)C1CCCCC1. The second-order valence-electron chi connectivity index (χ2n) is 11.4. The molecule has 4 atom stereocenters. The molecule has 1 aromatic heterocycles. The number of amides is 2. The van der Waals surface area contributed by atoms with Crippen LogP contribution in [0.1, 0.15) is 79.0 Å². The first-order chi connectivity index (χ1) is 19.4. The highest BCUT2D eigenvalue weighted by Crippen LogP contribution is 2.36. The largest absolute Gasteiger partial charge is 0.343 e. The van der Waals surface area contributed by atoms with Gasteiger partial charge in [-0.05, 0) is 63.8 Å². The van der Waals surface area contributed by atoms with E-state index < -0.39 is 6.04 Å². The van der Waals surface area contributed by atoms with E-state index in [0.29, 0.717) is 24.8 Å². The molecule has 3 heterocycles. The predicted molar refractivity (Wildman–Crippen MR) is 158 cm³/mol. The highest BCUT2D eigenvalue weighted by molar-refractivity contribution is 7.10. The van der Waals surface area contributed by atoms with Gasteiger partial charge in [0.2, 0.25) is 17.6 Å². The Kier molecular flexibility index (Phi) is 9.44. The normalized spacial score (nSPS) is 23.6. The van der Waals surface area contributed by atoms with Gasteiger partial charge in [0.05, 0.1) is 12.1 Å². The first-order valence-corrected chi connectivity index (χ1v) is 15.6. The zero-order valence-corrected chi connectivity index (χ0v) is 24.4. The van der Waals surface area contributed by atoms with Crippen molar-refractivity contribution in [2.75, 3.05) is 26.7 Å². The number of likely N-dealkylation sites (N-methyl/N-ethyl adjacent to an activating group) is 1. The molecule has 1 saturated carbocycles. The Morgan fingerprint density at radius 2 is 1.82 bits per heavy atom. The minimum Gasteiger partial charge on any atom is -0.343 e. The lowest BCUT2D eigenvalue weighted by molar-refractivity contribution is -0.144. The van der Waals surface area contributed by atoms with Crippen molar-refractivity contribution in [1.82, 2.24) is 25.4 Å². The Hall–Kier alpha value is -2.88. The van der Waals surface area contributed by atoms with Crippen molar-refractivity contribution in [2.45, 2.75) is 76.0 Å². The maximum atomic E-state index is 14.4. The fourth-order valence-corrected chi connectivity index (χ4v) is 7.20. The zero-order valence-electron chi connectivity index (χ0n) is 23.6. The number of ketones is 1. The third-order valence-electron chi connectivity index (χ3n) is 8.77. The summed E-state index contributed by atoms with van der Waals surface area (Å²) in [5.41, 5.74) is 1.36. The van der Waals surface area contributed by atoms with Crippen LogP contribution in [0, 0.1) is 5.92 Å². The number of hydrogen-bond acceptors (Lipinski definition) is 7. The van der Waals surface area contributed by atoms with Gasteiger partial charge >= 0.3 is 0 Å². The van der Waals surface area contributed by atoms with E-state index in [9.17, 15) is 14.4 Å². The average molecular weight is 564 g/mol. The summed E-state index contributed by atoms with van der Waals surface area (Å²) >= 11 is 1.45. The van der Waals surface area contributed by atoms with Crippen LogP contribution in [0.5, 0.6) is 0 Å². The number of hydrogen-bond donors (Lipinski definition) is 2. The molecule has 2 aliphatic heterocycles. The number of rotatable bonds is 9. The van der Waals surface area contributed by atoms with E-state index in [1.54, 1.807) is 24.6 Å². The molecule has 40 heavy (non-hydrogen) atoms. The molecule has 2 saturated heterocycles. The fourth-order valence-electron chi connectivity index (χ4n) is 6.28. The minimum atomic E-state index is -0.547. The number of aromatic nitrogens is 1. The lowest BCUT2D eigenvalue weighted by Gasteiger charge is -2.45. The highest BCUT2D eigenvalue weighted by Gasteiger charge is 2.44. The molecule has 0 radical (unpaired) electrons.